The Morgan fingerprint density at radius 3 is 2.85 bits per heavy atom. The Morgan fingerprint density at radius 1 is 1.19 bits per heavy atom. The van der Waals surface area contributed by atoms with Crippen molar-refractivity contribution in [2.75, 3.05) is 25.1 Å². The second-order valence-corrected chi connectivity index (χ2v) is 7.25. The van der Waals surface area contributed by atoms with E-state index in [0.29, 0.717) is 19.2 Å². The summed E-state index contributed by atoms with van der Waals surface area (Å²) in [6.07, 6.45) is 3.71. The molecule has 3 aromatic rings. The lowest BCUT2D eigenvalue weighted by atomic mass is 10.1. The number of hydrogen-bond acceptors (Lipinski definition) is 6. The van der Waals surface area contributed by atoms with Crippen molar-refractivity contribution in [1.29, 1.82) is 0 Å². The number of rotatable bonds is 5. The summed E-state index contributed by atoms with van der Waals surface area (Å²) in [4.78, 5) is 6.52. The van der Waals surface area contributed by atoms with Crippen molar-refractivity contribution in [1.82, 2.24) is 15.2 Å². The summed E-state index contributed by atoms with van der Waals surface area (Å²) in [6, 6.07) is 10.00. The molecule has 140 valence electrons. The van der Waals surface area contributed by atoms with Crippen LogP contribution in [0.1, 0.15) is 12.8 Å². The van der Waals surface area contributed by atoms with Gasteiger partial charge in [0.1, 0.15) is 23.4 Å². The zero-order valence-electron chi connectivity index (χ0n) is 15.1. The van der Waals surface area contributed by atoms with E-state index in [0.717, 1.165) is 46.6 Å². The SMILES string of the molecule is CO[C@H]1CN(c2cc(-c3n[nH]c4ccc(OC5CC5)cc34)ccn2)C[C@@H]1O. The maximum absolute atomic E-state index is 10.1. The van der Waals surface area contributed by atoms with Crippen LogP contribution in [-0.4, -0.2) is 58.8 Å². The average molecular weight is 366 g/mol. The third kappa shape index (κ3) is 3.13. The number of H-pyrrole nitrogens is 1. The van der Waals surface area contributed by atoms with Gasteiger partial charge in [-0.1, -0.05) is 0 Å². The van der Waals surface area contributed by atoms with Crippen molar-refractivity contribution in [2.45, 2.75) is 31.2 Å². The van der Waals surface area contributed by atoms with Gasteiger partial charge in [0.15, 0.2) is 0 Å². The highest BCUT2D eigenvalue weighted by Crippen LogP contribution is 2.33. The summed E-state index contributed by atoms with van der Waals surface area (Å²) in [5.41, 5.74) is 2.82. The lowest BCUT2D eigenvalue weighted by Gasteiger charge is -2.17. The molecule has 7 heteroatoms. The number of hydrogen-bond donors (Lipinski definition) is 2. The van der Waals surface area contributed by atoms with Crippen molar-refractivity contribution < 1.29 is 14.6 Å². The molecule has 0 amide bonds. The normalized spacial score (nSPS) is 22.5. The summed E-state index contributed by atoms with van der Waals surface area (Å²) in [5.74, 6) is 1.69. The molecular weight excluding hydrogens is 344 g/mol. The molecule has 0 unspecified atom stereocenters. The number of nitrogens with one attached hydrogen (secondary N) is 1. The molecule has 1 aromatic carbocycles. The Balaban J connectivity index is 1.47. The summed E-state index contributed by atoms with van der Waals surface area (Å²) in [6.45, 7) is 1.13. The van der Waals surface area contributed by atoms with Gasteiger partial charge >= 0.3 is 0 Å². The minimum Gasteiger partial charge on any atom is -0.490 e. The zero-order chi connectivity index (χ0) is 18.4. The predicted molar refractivity (Wildman–Crippen MR) is 102 cm³/mol. The van der Waals surface area contributed by atoms with E-state index in [1.54, 1.807) is 13.3 Å². The van der Waals surface area contributed by atoms with Crippen molar-refractivity contribution in [2.24, 2.45) is 0 Å². The van der Waals surface area contributed by atoms with Gasteiger partial charge < -0.3 is 19.5 Å². The molecule has 1 aliphatic carbocycles. The van der Waals surface area contributed by atoms with Gasteiger partial charge in [-0.2, -0.15) is 5.10 Å². The molecule has 1 aliphatic heterocycles. The molecule has 2 fully saturated rings. The number of nitrogens with zero attached hydrogens (tertiary/aromatic N) is 3. The smallest absolute Gasteiger partial charge is 0.129 e. The first-order valence-electron chi connectivity index (χ1n) is 9.28. The molecule has 0 radical (unpaired) electrons. The van der Waals surface area contributed by atoms with Crippen LogP contribution in [0.2, 0.25) is 0 Å². The Kier molecular flexibility index (Phi) is 3.98. The number of aliphatic hydroxyl groups excluding tert-OH is 1. The van der Waals surface area contributed by atoms with E-state index in [1.807, 2.05) is 35.2 Å². The van der Waals surface area contributed by atoms with Crippen molar-refractivity contribution in [3.63, 3.8) is 0 Å². The van der Waals surface area contributed by atoms with Crippen LogP contribution in [-0.2, 0) is 4.74 Å². The fraction of sp³-hybridized carbons (Fsp3) is 0.400. The number of pyridine rings is 1. The quantitative estimate of drug-likeness (QED) is 0.721. The lowest BCUT2D eigenvalue weighted by molar-refractivity contribution is 0.0217. The van der Waals surface area contributed by atoms with E-state index in [2.05, 4.69) is 15.2 Å². The first-order valence-corrected chi connectivity index (χ1v) is 9.28. The molecule has 0 spiro atoms. The first-order chi connectivity index (χ1) is 13.2. The number of β-amino-alcohol motifs (C(OH)–C–C–N with tert-alkyl or cyclic N) is 1. The summed E-state index contributed by atoms with van der Waals surface area (Å²) < 4.78 is 11.3. The number of aromatic nitrogens is 3. The topological polar surface area (TPSA) is 83.5 Å². The van der Waals surface area contributed by atoms with E-state index in [1.165, 1.54) is 0 Å². The van der Waals surface area contributed by atoms with Gasteiger partial charge in [0.25, 0.3) is 0 Å². The van der Waals surface area contributed by atoms with Gasteiger partial charge in [0, 0.05) is 37.3 Å². The molecule has 0 bridgehead atoms. The van der Waals surface area contributed by atoms with E-state index >= 15 is 0 Å². The van der Waals surface area contributed by atoms with Crippen LogP contribution in [0, 0.1) is 0 Å². The van der Waals surface area contributed by atoms with Crippen molar-refractivity contribution in [3.05, 3.63) is 36.5 Å². The fourth-order valence-corrected chi connectivity index (χ4v) is 3.58. The lowest BCUT2D eigenvalue weighted by Crippen LogP contribution is -2.25. The molecule has 3 heterocycles. The molecule has 1 saturated carbocycles. The van der Waals surface area contributed by atoms with Gasteiger partial charge in [0.05, 0.1) is 17.7 Å². The van der Waals surface area contributed by atoms with Gasteiger partial charge in [0.2, 0.25) is 0 Å². The van der Waals surface area contributed by atoms with Gasteiger partial charge in [-0.25, -0.2) is 4.98 Å². The summed E-state index contributed by atoms with van der Waals surface area (Å²) >= 11 is 0. The predicted octanol–water partition coefficient (Wildman–Crippen LogP) is 2.36. The van der Waals surface area contributed by atoms with E-state index in [-0.39, 0.29) is 6.10 Å². The number of benzene rings is 1. The highest BCUT2D eigenvalue weighted by molar-refractivity contribution is 5.94. The number of anilines is 1. The number of methoxy groups -OCH3 is 1. The number of fused-ring (bicyclic) bond motifs is 1. The fourth-order valence-electron chi connectivity index (χ4n) is 3.58. The standard InChI is InChI=1S/C20H22N4O3/c1-26-18-11-24(10-17(18)25)19-8-12(6-7-21-19)20-15-9-14(27-13-2-3-13)4-5-16(15)22-23-20/h4-9,13,17-18,25H,2-3,10-11H2,1H3,(H,22,23)/t17-,18-/m0/s1. The maximum atomic E-state index is 10.1. The summed E-state index contributed by atoms with van der Waals surface area (Å²) in [5, 5.41) is 18.7. The van der Waals surface area contributed by atoms with Crippen LogP contribution < -0.4 is 9.64 Å². The van der Waals surface area contributed by atoms with Crippen LogP contribution in [0.15, 0.2) is 36.5 Å². The molecule has 27 heavy (non-hydrogen) atoms. The molecule has 2 aliphatic rings. The Labute approximate surface area is 156 Å². The Hall–Kier alpha value is -2.64. The second kappa shape index (κ2) is 6.51. The maximum Gasteiger partial charge on any atom is 0.129 e. The monoisotopic (exact) mass is 366 g/mol. The summed E-state index contributed by atoms with van der Waals surface area (Å²) in [7, 11) is 1.62. The van der Waals surface area contributed by atoms with Crippen LogP contribution >= 0.6 is 0 Å². The van der Waals surface area contributed by atoms with Crippen LogP contribution in [0.3, 0.4) is 0 Å². The van der Waals surface area contributed by atoms with Crippen LogP contribution in [0.25, 0.3) is 22.2 Å². The number of ether oxygens (including phenoxy) is 2. The number of aromatic amines is 1. The molecule has 2 atom stereocenters. The van der Waals surface area contributed by atoms with Gasteiger partial charge in [-0.15, -0.1) is 0 Å². The highest BCUT2D eigenvalue weighted by atomic mass is 16.5. The van der Waals surface area contributed by atoms with Crippen LogP contribution in [0.5, 0.6) is 5.75 Å². The highest BCUT2D eigenvalue weighted by Gasteiger charge is 2.32. The van der Waals surface area contributed by atoms with Gasteiger partial charge in [-0.05, 0) is 43.2 Å². The Bertz CT molecular complexity index is 969. The first kappa shape index (κ1) is 16.5. The van der Waals surface area contributed by atoms with Crippen molar-refractivity contribution >= 4 is 16.7 Å². The van der Waals surface area contributed by atoms with E-state index in [9.17, 15) is 5.11 Å². The van der Waals surface area contributed by atoms with Crippen LogP contribution in [0.4, 0.5) is 5.82 Å². The second-order valence-electron chi connectivity index (χ2n) is 7.25. The largest absolute Gasteiger partial charge is 0.490 e. The van der Waals surface area contributed by atoms with E-state index in [4.69, 9.17) is 9.47 Å². The molecule has 2 aromatic heterocycles. The Morgan fingerprint density at radius 2 is 2.07 bits per heavy atom. The molecule has 1 saturated heterocycles. The van der Waals surface area contributed by atoms with Crippen molar-refractivity contribution in [3.8, 4) is 17.0 Å². The molecule has 5 rings (SSSR count). The van der Waals surface area contributed by atoms with Gasteiger partial charge in [-0.3, -0.25) is 5.10 Å². The number of aliphatic hydroxyl groups is 1. The minimum absolute atomic E-state index is 0.191. The molecule has 2 N–H and O–H groups in total. The third-order valence-corrected chi connectivity index (χ3v) is 5.24. The minimum atomic E-state index is -0.506. The average Bonchev–Trinajstić information content (AvgIpc) is 3.27. The third-order valence-electron chi connectivity index (χ3n) is 5.24. The zero-order valence-corrected chi connectivity index (χ0v) is 15.1. The van der Waals surface area contributed by atoms with E-state index < -0.39 is 6.10 Å². The molecule has 7 nitrogen and oxygen atoms in total. The molecular formula is C20H22N4O3.